The Morgan fingerprint density at radius 2 is 1.94 bits per heavy atom. The van der Waals surface area contributed by atoms with Crippen molar-refractivity contribution in [2.24, 2.45) is 4.40 Å². The summed E-state index contributed by atoms with van der Waals surface area (Å²) in [6.45, 7) is 3.83. The number of benzene rings is 2. The molecule has 1 heterocycles. The second kappa shape index (κ2) is 9.52. The molecule has 3 rings (SSSR count). The van der Waals surface area contributed by atoms with E-state index in [1.54, 1.807) is 43.3 Å². The molecule has 1 aliphatic heterocycles. The molecule has 8 nitrogen and oxygen atoms in total. The molecular weight excluding hydrogens is 438 g/mol. The predicted octanol–water partition coefficient (Wildman–Crippen LogP) is 3.04. The van der Waals surface area contributed by atoms with E-state index in [1.165, 1.54) is 24.1 Å². The van der Waals surface area contributed by atoms with Crippen molar-refractivity contribution >= 4 is 44.5 Å². The van der Waals surface area contributed by atoms with Gasteiger partial charge in [-0.15, -0.1) is 4.40 Å². The number of anilines is 1. The number of carbonyl (C=O) groups is 2. The van der Waals surface area contributed by atoms with Gasteiger partial charge in [0.05, 0.1) is 12.0 Å². The molecule has 1 atom stereocenters. The average Bonchev–Trinajstić information content (AvgIpc) is 3.01. The van der Waals surface area contributed by atoms with E-state index in [0.29, 0.717) is 11.4 Å². The molecule has 1 fully saturated rings. The van der Waals surface area contributed by atoms with E-state index >= 15 is 0 Å². The number of nitrogens with one attached hydrogen (secondary N) is 1. The maximum Gasteiger partial charge on any atom is 0.284 e. The zero-order chi connectivity index (χ0) is 22.6. The molecule has 0 bridgehead atoms. The average molecular weight is 462 g/mol. The van der Waals surface area contributed by atoms with Gasteiger partial charge in [0, 0.05) is 24.7 Å². The van der Waals surface area contributed by atoms with Gasteiger partial charge >= 0.3 is 0 Å². The molecule has 1 aliphatic rings. The van der Waals surface area contributed by atoms with Crippen molar-refractivity contribution in [3.8, 4) is 5.75 Å². The monoisotopic (exact) mass is 461 g/mol. The number of methoxy groups -OCH3 is 1. The summed E-state index contributed by atoms with van der Waals surface area (Å²) in [7, 11) is -2.45. The summed E-state index contributed by atoms with van der Waals surface area (Å²) in [5.41, 5.74) is 1.47. The molecule has 10 heteroatoms. The van der Waals surface area contributed by atoms with Crippen molar-refractivity contribution in [1.82, 2.24) is 4.90 Å². The largest absolute Gasteiger partial charge is 0.497 e. The van der Waals surface area contributed by atoms with Crippen molar-refractivity contribution in [3.63, 3.8) is 0 Å². The van der Waals surface area contributed by atoms with Gasteiger partial charge in [0.25, 0.3) is 10.0 Å². The molecule has 0 radical (unpaired) electrons. The first kappa shape index (κ1) is 22.8. The Morgan fingerprint density at radius 3 is 2.58 bits per heavy atom. The Labute approximate surface area is 185 Å². The minimum absolute atomic E-state index is 0.0499. The lowest BCUT2D eigenvalue weighted by atomic mass is 10.2. The highest BCUT2D eigenvalue weighted by Crippen LogP contribution is 2.31. The Hall–Kier alpha value is -2.85. The summed E-state index contributed by atoms with van der Waals surface area (Å²) in [5, 5.41) is 2.05. The second-order valence-electron chi connectivity index (χ2n) is 6.84. The van der Waals surface area contributed by atoms with Crippen molar-refractivity contribution in [3.05, 3.63) is 54.1 Å². The van der Waals surface area contributed by atoms with Crippen molar-refractivity contribution < 1.29 is 22.7 Å². The van der Waals surface area contributed by atoms with Crippen LogP contribution in [0, 0.1) is 6.92 Å². The molecule has 2 aromatic rings. The maximum atomic E-state index is 12.7. The number of aryl methyl sites for hydroxylation is 1. The zero-order valence-corrected chi connectivity index (χ0v) is 19.0. The predicted molar refractivity (Wildman–Crippen MR) is 121 cm³/mol. The summed E-state index contributed by atoms with van der Waals surface area (Å²) in [6, 6.07) is 13.2. The van der Waals surface area contributed by atoms with Crippen LogP contribution in [0.5, 0.6) is 5.75 Å². The Bertz CT molecular complexity index is 1110. The first-order valence-electron chi connectivity index (χ1n) is 9.57. The van der Waals surface area contributed by atoms with E-state index in [0.717, 1.165) is 17.3 Å². The van der Waals surface area contributed by atoms with E-state index in [9.17, 15) is 18.0 Å². The van der Waals surface area contributed by atoms with E-state index in [1.807, 2.05) is 6.92 Å². The fourth-order valence-electron chi connectivity index (χ4n) is 2.95. The van der Waals surface area contributed by atoms with Gasteiger partial charge in [0.2, 0.25) is 11.8 Å². The third kappa shape index (κ3) is 5.45. The number of rotatable bonds is 7. The van der Waals surface area contributed by atoms with Gasteiger partial charge in [0.1, 0.15) is 11.0 Å². The summed E-state index contributed by atoms with van der Waals surface area (Å²) in [5.74, 6) is -0.110. The van der Waals surface area contributed by atoms with Gasteiger partial charge in [-0.05, 0) is 38.1 Å². The van der Waals surface area contributed by atoms with Gasteiger partial charge in [-0.25, -0.2) is 0 Å². The van der Waals surface area contributed by atoms with Crippen LogP contribution in [0.2, 0.25) is 0 Å². The normalized spacial score (nSPS) is 17.8. The lowest BCUT2D eigenvalue weighted by Gasteiger charge is -2.13. The van der Waals surface area contributed by atoms with Crippen molar-refractivity contribution in [2.45, 2.75) is 30.4 Å². The minimum Gasteiger partial charge on any atom is -0.497 e. The summed E-state index contributed by atoms with van der Waals surface area (Å²) in [6.07, 6.45) is -0.110. The highest BCUT2D eigenvalue weighted by Gasteiger charge is 2.39. The smallest absolute Gasteiger partial charge is 0.284 e. The Morgan fingerprint density at radius 1 is 1.23 bits per heavy atom. The number of thioether (sulfide) groups is 1. The number of amides is 2. The molecule has 2 amide bonds. The quantitative estimate of drug-likeness (QED) is 0.680. The lowest BCUT2D eigenvalue weighted by molar-refractivity contribution is -0.128. The maximum absolute atomic E-state index is 12.7. The van der Waals surface area contributed by atoms with Crippen molar-refractivity contribution in [2.75, 3.05) is 19.0 Å². The highest BCUT2D eigenvalue weighted by molar-refractivity contribution is 8.16. The number of hydrogen-bond donors (Lipinski definition) is 1. The van der Waals surface area contributed by atoms with Gasteiger partial charge in [-0.3, -0.25) is 14.5 Å². The van der Waals surface area contributed by atoms with E-state index in [4.69, 9.17) is 4.74 Å². The number of amidine groups is 1. The van der Waals surface area contributed by atoms with Crippen molar-refractivity contribution in [1.29, 1.82) is 0 Å². The van der Waals surface area contributed by atoms with Gasteiger partial charge in [-0.1, -0.05) is 35.5 Å². The first-order chi connectivity index (χ1) is 14.7. The zero-order valence-electron chi connectivity index (χ0n) is 17.4. The molecule has 2 aromatic carbocycles. The highest BCUT2D eigenvalue weighted by atomic mass is 32.2. The van der Waals surface area contributed by atoms with E-state index < -0.39 is 15.3 Å². The first-order valence-corrected chi connectivity index (χ1v) is 11.9. The van der Waals surface area contributed by atoms with Crippen LogP contribution in [0.3, 0.4) is 0 Å². The van der Waals surface area contributed by atoms with Gasteiger partial charge in [-0.2, -0.15) is 8.42 Å². The lowest BCUT2D eigenvalue weighted by Crippen LogP contribution is -2.33. The molecule has 164 valence electrons. The number of ether oxygens (including phenoxy) is 1. The Balaban J connectivity index is 1.75. The molecular formula is C21H23N3O5S2. The SMILES string of the molecule is CCN1C(=O)[C@@H](CC(=O)Nc2cccc(OC)c2)SC1=NS(=O)(=O)c1ccc(C)cc1. The van der Waals surface area contributed by atoms with Gasteiger partial charge in [0.15, 0.2) is 5.17 Å². The van der Waals surface area contributed by atoms with Crippen LogP contribution in [0.25, 0.3) is 0 Å². The van der Waals surface area contributed by atoms with Crippen LogP contribution in [0.15, 0.2) is 57.8 Å². The van der Waals surface area contributed by atoms with Crippen LogP contribution in [0.4, 0.5) is 5.69 Å². The van der Waals surface area contributed by atoms with Crippen LogP contribution in [-0.2, 0) is 19.6 Å². The van der Waals surface area contributed by atoms with Gasteiger partial charge < -0.3 is 10.1 Å². The molecule has 0 saturated carbocycles. The topological polar surface area (TPSA) is 105 Å². The van der Waals surface area contributed by atoms with Crippen LogP contribution in [0.1, 0.15) is 18.9 Å². The molecule has 1 N–H and O–H groups in total. The van der Waals surface area contributed by atoms with E-state index in [-0.39, 0.29) is 34.8 Å². The number of carbonyl (C=O) groups excluding carboxylic acids is 2. The number of hydrogen-bond acceptors (Lipinski definition) is 6. The molecule has 0 aliphatic carbocycles. The fraction of sp³-hybridized carbons (Fsp3) is 0.286. The number of nitrogens with zero attached hydrogens (tertiary/aromatic N) is 2. The molecule has 31 heavy (non-hydrogen) atoms. The Kier molecular flexibility index (Phi) is 7.01. The van der Waals surface area contributed by atoms with Crippen LogP contribution in [-0.4, -0.2) is 49.2 Å². The standard InChI is InChI=1S/C21H23N3O5S2/c1-4-24-20(26)18(13-19(25)22-15-6-5-7-16(12-15)29-3)30-21(24)23-31(27,28)17-10-8-14(2)9-11-17/h5-12,18H,4,13H2,1-3H3,(H,22,25)/t18-/m1/s1. The fourth-order valence-corrected chi connectivity index (χ4v) is 5.37. The molecule has 1 saturated heterocycles. The molecule has 0 unspecified atom stereocenters. The molecule has 0 spiro atoms. The minimum atomic E-state index is -3.98. The third-order valence-corrected chi connectivity index (χ3v) is 7.15. The number of sulfonamides is 1. The van der Waals surface area contributed by atoms with Crippen LogP contribution < -0.4 is 10.1 Å². The van der Waals surface area contributed by atoms with E-state index in [2.05, 4.69) is 9.71 Å². The molecule has 0 aromatic heterocycles. The summed E-state index contributed by atoms with van der Waals surface area (Å²) >= 11 is 0.984. The third-order valence-electron chi connectivity index (χ3n) is 4.58. The summed E-state index contributed by atoms with van der Waals surface area (Å²) in [4.78, 5) is 26.5. The second-order valence-corrected chi connectivity index (χ2v) is 9.61. The van der Waals surface area contributed by atoms with Crippen LogP contribution >= 0.6 is 11.8 Å². The summed E-state index contributed by atoms with van der Waals surface area (Å²) < 4.78 is 34.3.